The van der Waals surface area contributed by atoms with Gasteiger partial charge in [-0.05, 0) is 50.1 Å². The lowest BCUT2D eigenvalue weighted by Crippen LogP contribution is -2.27. The van der Waals surface area contributed by atoms with Gasteiger partial charge in [0.15, 0.2) is 0 Å². The maximum atomic E-state index is 12.7. The lowest BCUT2D eigenvalue weighted by molar-refractivity contribution is 0.0951. The molecule has 0 spiro atoms. The number of amides is 1. The summed E-state index contributed by atoms with van der Waals surface area (Å²) in [4.78, 5) is 12.3. The lowest BCUT2D eigenvalue weighted by atomic mass is 10.2. The molecule has 0 aliphatic heterocycles. The minimum atomic E-state index is -3.69. The van der Waals surface area contributed by atoms with E-state index in [-0.39, 0.29) is 21.9 Å². The highest BCUT2D eigenvalue weighted by Gasteiger charge is 2.26. The van der Waals surface area contributed by atoms with E-state index >= 15 is 0 Å². The van der Waals surface area contributed by atoms with Gasteiger partial charge in [0.05, 0.1) is 21.2 Å². The van der Waals surface area contributed by atoms with Gasteiger partial charge in [-0.15, -0.1) is 0 Å². The minimum Gasteiger partial charge on any atom is -0.349 e. The SMILES string of the molecule is Cc1ccc(S(=O)(=O)N(C)c2ccc(C(=O)NC3CC3)c(Cl)c2)cc1. The summed E-state index contributed by atoms with van der Waals surface area (Å²) in [6, 6.07) is 11.5. The number of sulfonamides is 1. The second-order valence-electron chi connectivity index (χ2n) is 6.20. The molecule has 0 aromatic heterocycles. The molecule has 1 amide bonds. The van der Waals surface area contributed by atoms with Crippen molar-refractivity contribution < 1.29 is 13.2 Å². The number of rotatable bonds is 5. The Kier molecular flexibility index (Phi) is 4.75. The summed E-state index contributed by atoms with van der Waals surface area (Å²) in [5.41, 5.74) is 1.72. The minimum absolute atomic E-state index is 0.201. The Morgan fingerprint density at radius 3 is 2.36 bits per heavy atom. The van der Waals surface area contributed by atoms with Crippen LogP contribution in [-0.2, 0) is 10.0 Å². The summed E-state index contributed by atoms with van der Waals surface area (Å²) >= 11 is 6.21. The Morgan fingerprint density at radius 1 is 1.16 bits per heavy atom. The first-order chi connectivity index (χ1) is 11.8. The number of aryl methyl sites for hydroxylation is 1. The zero-order chi connectivity index (χ0) is 18.2. The van der Waals surface area contributed by atoms with Crippen molar-refractivity contribution in [3.63, 3.8) is 0 Å². The van der Waals surface area contributed by atoms with Gasteiger partial charge in [-0.2, -0.15) is 0 Å². The van der Waals surface area contributed by atoms with Crippen LogP contribution in [0, 0.1) is 6.92 Å². The molecule has 1 saturated carbocycles. The van der Waals surface area contributed by atoms with Gasteiger partial charge in [0.1, 0.15) is 0 Å². The molecule has 1 fully saturated rings. The Morgan fingerprint density at radius 2 is 1.80 bits per heavy atom. The number of nitrogens with zero attached hydrogens (tertiary/aromatic N) is 1. The van der Waals surface area contributed by atoms with Gasteiger partial charge >= 0.3 is 0 Å². The highest BCUT2D eigenvalue weighted by Crippen LogP contribution is 2.28. The first-order valence-electron chi connectivity index (χ1n) is 7.95. The molecule has 0 saturated heterocycles. The zero-order valence-corrected chi connectivity index (χ0v) is 15.6. The second kappa shape index (κ2) is 6.69. The molecule has 0 radical (unpaired) electrons. The molecule has 0 unspecified atom stereocenters. The number of hydrogen-bond donors (Lipinski definition) is 1. The number of carbonyl (C=O) groups is 1. The largest absolute Gasteiger partial charge is 0.349 e. The number of benzene rings is 2. The van der Waals surface area contributed by atoms with Crippen molar-refractivity contribution in [2.24, 2.45) is 0 Å². The average Bonchev–Trinajstić information content (AvgIpc) is 3.38. The summed E-state index contributed by atoms with van der Waals surface area (Å²) in [5, 5.41) is 3.09. The first kappa shape index (κ1) is 17.8. The molecule has 7 heteroatoms. The maximum Gasteiger partial charge on any atom is 0.264 e. The van der Waals surface area contributed by atoms with Crippen LogP contribution in [0.15, 0.2) is 47.4 Å². The molecular weight excluding hydrogens is 360 g/mol. The van der Waals surface area contributed by atoms with Crippen molar-refractivity contribution in [2.45, 2.75) is 30.7 Å². The highest BCUT2D eigenvalue weighted by molar-refractivity contribution is 7.92. The van der Waals surface area contributed by atoms with Crippen LogP contribution in [0.25, 0.3) is 0 Å². The molecule has 3 rings (SSSR count). The maximum absolute atomic E-state index is 12.7. The van der Waals surface area contributed by atoms with Crippen molar-refractivity contribution in [1.82, 2.24) is 5.32 Å². The molecule has 25 heavy (non-hydrogen) atoms. The number of nitrogens with one attached hydrogen (secondary N) is 1. The average molecular weight is 379 g/mol. The molecule has 5 nitrogen and oxygen atoms in total. The fourth-order valence-electron chi connectivity index (χ4n) is 2.38. The van der Waals surface area contributed by atoms with E-state index in [0.29, 0.717) is 11.3 Å². The predicted molar refractivity (Wildman–Crippen MR) is 98.7 cm³/mol. The fourth-order valence-corrected chi connectivity index (χ4v) is 3.83. The van der Waals surface area contributed by atoms with Crippen LogP contribution in [0.2, 0.25) is 5.02 Å². The smallest absolute Gasteiger partial charge is 0.264 e. The van der Waals surface area contributed by atoms with Crippen LogP contribution in [0.5, 0.6) is 0 Å². The van der Waals surface area contributed by atoms with Gasteiger partial charge in [-0.25, -0.2) is 8.42 Å². The standard InChI is InChI=1S/C18H19ClN2O3S/c1-12-3-8-15(9-4-12)25(23,24)21(2)14-7-10-16(17(19)11-14)18(22)20-13-5-6-13/h3-4,7-11,13H,5-6H2,1-2H3,(H,20,22). The fraction of sp³-hybridized carbons (Fsp3) is 0.278. The summed E-state index contributed by atoms with van der Waals surface area (Å²) in [6.45, 7) is 1.89. The number of hydrogen-bond acceptors (Lipinski definition) is 3. The van der Waals surface area contributed by atoms with E-state index in [0.717, 1.165) is 22.7 Å². The molecule has 132 valence electrons. The van der Waals surface area contributed by atoms with Crippen molar-refractivity contribution in [1.29, 1.82) is 0 Å². The zero-order valence-electron chi connectivity index (χ0n) is 14.0. The first-order valence-corrected chi connectivity index (χ1v) is 9.77. The van der Waals surface area contributed by atoms with E-state index in [1.165, 1.54) is 13.1 Å². The van der Waals surface area contributed by atoms with Crippen molar-refractivity contribution in [2.75, 3.05) is 11.4 Å². The molecule has 0 atom stereocenters. The van der Waals surface area contributed by atoms with Gasteiger partial charge < -0.3 is 5.32 Å². The molecule has 1 aliphatic rings. The molecular formula is C18H19ClN2O3S. The van der Waals surface area contributed by atoms with Crippen LogP contribution in [0.1, 0.15) is 28.8 Å². The normalized spacial score (nSPS) is 14.2. The second-order valence-corrected chi connectivity index (χ2v) is 8.57. The summed E-state index contributed by atoms with van der Waals surface area (Å²) in [7, 11) is -2.23. The Labute approximate surface area is 152 Å². The van der Waals surface area contributed by atoms with Crippen LogP contribution < -0.4 is 9.62 Å². The Balaban J connectivity index is 1.86. The monoisotopic (exact) mass is 378 g/mol. The van der Waals surface area contributed by atoms with Gasteiger partial charge in [-0.1, -0.05) is 29.3 Å². The Bertz CT molecular complexity index is 906. The molecule has 0 heterocycles. The van der Waals surface area contributed by atoms with E-state index in [2.05, 4.69) is 5.32 Å². The summed E-state index contributed by atoms with van der Waals surface area (Å²) in [6.07, 6.45) is 1.97. The summed E-state index contributed by atoms with van der Waals surface area (Å²) in [5.74, 6) is -0.233. The van der Waals surface area contributed by atoms with E-state index in [4.69, 9.17) is 11.6 Å². The van der Waals surface area contributed by atoms with Crippen LogP contribution in [0.3, 0.4) is 0 Å². The number of anilines is 1. The van der Waals surface area contributed by atoms with E-state index in [9.17, 15) is 13.2 Å². The van der Waals surface area contributed by atoms with Crippen LogP contribution in [0.4, 0.5) is 5.69 Å². The molecule has 0 bridgehead atoms. The number of carbonyl (C=O) groups excluding carboxylic acids is 1. The van der Waals surface area contributed by atoms with Crippen LogP contribution >= 0.6 is 11.6 Å². The Hall–Kier alpha value is -2.05. The van der Waals surface area contributed by atoms with Crippen molar-refractivity contribution >= 4 is 33.2 Å². The lowest BCUT2D eigenvalue weighted by Gasteiger charge is -2.20. The van der Waals surface area contributed by atoms with Gasteiger partial charge in [0.25, 0.3) is 15.9 Å². The van der Waals surface area contributed by atoms with E-state index < -0.39 is 10.0 Å². The third-order valence-electron chi connectivity index (χ3n) is 4.15. The summed E-state index contributed by atoms with van der Waals surface area (Å²) < 4.78 is 26.6. The number of halogens is 1. The molecule has 1 N–H and O–H groups in total. The van der Waals surface area contributed by atoms with Crippen molar-refractivity contribution in [3.05, 3.63) is 58.6 Å². The predicted octanol–water partition coefficient (Wildman–Crippen LogP) is 3.37. The van der Waals surface area contributed by atoms with E-state index in [1.54, 1.807) is 36.4 Å². The third-order valence-corrected chi connectivity index (χ3v) is 6.27. The third kappa shape index (κ3) is 3.80. The van der Waals surface area contributed by atoms with Crippen molar-refractivity contribution in [3.8, 4) is 0 Å². The van der Waals surface area contributed by atoms with Gasteiger partial charge in [0, 0.05) is 13.1 Å². The quantitative estimate of drug-likeness (QED) is 0.867. The van der Waals surface area contributed by atoms with Gasteiger partial charge in [-0.3, -0.25) is 9.10 Å². The molecule has 2 aromatic carbocycles. The highest BCUT2D eigenvalue weighted by atomic mass is 35.5. The molecule has 1 aliphatic carbocycles. The topological polar surface area (TPSA) is 66.5 Å². The molecule has 2 aromatic rings. The van der Waals surface area contributed by atoms with E-state index in [1.807, 2.05) is 6.92 Å². The van der Waals surface area contributed by atoms with Crippen LogP contribution in [-0.4, -0.2) is 27.4 Å². The van der Waals surface area contributed by atoms with Gasteiger partial charge in [0.2, 0.25) is 0 Å².